The summed E-state index contributed by atoms with van der Waals surface area (Å²) in [5.74, 6) is -2.24. The van der Waals surface area contributed by atoms with Crippen molar-refractivity contribution in [3.05, 3.63) is 0 Å². The minimum atomic E-state index is -2.54. The molecule has 0 saturated carbocycles. The van der Waals surface area contributed by atoms with Gasteiger partial charge in [0.2, 0.25) is 0 Å². The van der Waals surface area contributed by atoms with E-state index in [0.717, 1.165) is 0 Å². The fraction of sp³-hybridized carbons (Fsp3) is 0.800. The van der Waals surface area contributed by atoms with E-state index in [2.05, 4.69) is 0 Å². The molecule has 0 fully saturated rings. The smallest absolute Gasteiger partial charge is 0.380 e. The predicted molar refractivity (Wildman–Crippen MR) is 98.7 cm³/mol. The zero-order valence-corrected chi connectivity index (χ0v) is 16.7. The van der Waals surface area contributed by atoms with Crippen molar-refractivity contribution in [2.24, 2.45) is 17.2 Å². The van der Waals surface area contributed by atoms with Crippen molar-refractivity contribution >= 4 is 26.5 Å². The number of hydrogen-bond acceptors (Lipinski definition) is 12. The highest BCUT2D eigenvalue weighted by molar-refractivity contribution is 7.43. The maximum atomic E-state index is 11.8. The summed E-state index contributed by atoms with van der Waals surface area (Å²) in [6, 6.07) is 0. The van der Waals surface area contributed by atoms with Crippen LogP contribution in [-0.2, 0) is 42.2 Å². The summed E-state index contributed by atoms with van der Waals surface area (Å²) < 4.78 is 30.0. The Labute approximate surface area is 165 Å². The molecular formula is C15H30N3O9P. The molecular weight excluding hydrogens is 397 g/mol. The van der Waals surface area contributed by atoms with Crippen molar-refractivity contribution in [3.8, 4) is 0 Å². The second-order valence-electron chi connectivity index (χ2n) is 5.07. The molecule has 0 radical (unpaired) electrons. The number of carbonyl (C=O) groups is 3. The molecule has 0 rings (SSSR count). The molecule has 6 N–H and O–H groups in total. The topological polar surface area (TPSA) is 185 Å². The van der Waals surface area contributed by atoms with Gasteiger partial charge in [0.05, 0.1) is 58.9 Å². The van der Waals surface area contributed by atoms with Crippen LogP contribution in [0.4, 0.5) is 0 Å². The Kier molecular flexibility index (Phi) is 18.0. The van der Waals surface area contributed by atoms with E-state index >= 15 is 0 Å². The van der Waals surface area contributed by atoms with Crippen molar-refractivity contribution in [1.82, 2.24) is 0 Å². The zero-order valence-electron chi connectivity index (χ0n) is 15.8. The highest BCUT2D eigenvalue weighted by Crippen LogP contribution is 2.41. The van der Waals surface area contributed by atoms with E-state index in [1.807, 2.05) is 0 Å². The van der Waals surface area contributed by atoms with Crippen LogP contribution < -0.4 is 17.2 Å². The molecule has 0 heterocycles. The predicted octanol–water partition coefficient (Wildman–Crippen LogP) is -1.06. The Hall–Kier alpha value is -1.40. The van der Waals surface area contributed by atoms with Gasteiger partial charge in [0, 0.05) is 19.6 Å². The Morgan fingerprint density at radius 3 is 1.07 bits per heavy atom. The van der Waals surface area contributed by atoms with Crippen LogP contribution in [-0.4, -0.2) is 77.2 Å². The second-order valence-corrected chi connectivity index (χ2v) is 6.06. The molecule has 0 unspecified atom stereocenters. The van der Waals surface area contributed by atoms with Crippen molar-refractivity contribution in [1.29, 1.82) is 0 Å². The number of rotatable bonds is 18. The fourth-order valence-electron chi connectivity index (χ4n) is 1.46. The van der Waals surface area contributed by atoms with Gasteiger partial charge in [-0.1, -0.05) is 0 Å². The summed E-state index contributed by atoms with van der Waals surface area (Å²) in [5, 5.41) is 0. The summed E-state index contributed by atoms with van der Waals surface area (Å²) >= 11 is 0. The lowest BCUT2D eigenvalue weighted by Gasteiger charge is -2.15. The van der Waals surface area contributed by atoms with E-state index in [9.17, 15) is 14.4 Å². The average Bonchev–Trinajstić information content (AvgIpc) is 2.66. The molecule has 13 heteroatoms. The molecule has 0 amide bonds. The summed E-state index contributed by atoms with van der Waals surface area (Å²) in [6.45, 7) is 2.02. The van der Waals surface area contributed by atoms with E-state index in [4.69, 9.17) is 45.0 Å². The number of hydrogen-bond donors (Lipinski definition) is 3. The number of nitrogens with two attached hydrogens (primary N) is 3. The van der Waals surface area contributed by atoms with Gasteiger partial charge in [0.1, 0.15) is 0 Å². The Bertz CT molecular complexity index is 381. The van der Waals surface area contributed by atoms with Crippen molar-refractivity contribution in [3.63, 3.8) is 0 Å². The average molecular weight is 427 g/mol. The van der Waals surface area contributed by atoms with E-state index in [1.54, 1.807) is 0 Å². The SMILES string of the molecule is NCCOCCC(=O)OP(OC(=O)CCOCCN)OC(=O)CCOCCN. The largest absolute Gasteiger partial charge is 0.537 e. The summed E-state index contributed by atoms with van der Waals surface area (Å²) in [4.78, 5) is 35.4. The molecule has 164 valence electrons. The van der Waals surface area contributed by atoms with Gasteiger partial charge in [0.25, 0.3) is 0 Å². The van der Waals surface area contributed by atoms with Crippen LogP contribution in [0.25, 0.3) is 0 Å². The third-order valence-corrected chi connectivity index (χ3v) is 3.73. The molecule has 0 aliphatic heterocycles. The Morgan fingerprint density at radius 2 is 0.821 bits per heavy atom. The van der Waals surface area contributed by atoms with Gasteiger partial charge < -0.3 is 45.0 Å². The lowest BCUT2D eigenvalue weighted by molar-refractivity contribution is -0.143. The van der Waals surface area contributed by atoms with Crippen LogP contribution in [0.2, 0.25) is 0 Å². The maximum Gasteiger partial charge on any atom is 0.537 e. The number of carbonyl (C=O) groups excluding carboxylic acids is 3. The Balaban J connectivity index is 4.44. The third kappa shape index (κ3) is 16.8. The minimum Gasteiger partial charge on any atom is -0.380 e. The van der Waals surface area contributed by atoms with E-state index < -0.39 is 26.5 Å². The van der Waals surface area contributed by atoms with Crippen LogP contribution in [0.15, 0.2) is 0 Å². The van der Waals surface area contributed by atoms with E-state index in [-0.39, 0.29) is 58.9 Å². The standard InChI is InChI=1S/C15H30N3O9P/c16-4-10-22-7-1-13(19)25-28(26-14(20)2-8-23-11-5-17)27-15(21)3-9-24-12-6-18/h1-12,16-18H2. The summed E-state index contributed by atoms with van der Waals surface area (Å²) in [5.41, 5.74) is 15.8. The lowest BCUT2D eigenvalue weighted by atomic mass is 10.5. The highest BCUT2D eigenvalue weighted by Gasteiger charge is 2.27. The fourth-order valence-corrected chi connectivity index (χ4v) is 2.35. The quantitative estimate of drug-likeness (QED) is 0.178. The maximum absolute atomic E-state index is 11.8. The molecule has 12 nitrogen and oxygen atoms in total. The first-order chi connectivity index (χ1) is 13.5. The van der Waals surface area contributed by atoms with Gasteiger partial charge in [0.15, 0.2) is 0 Å². The first kappa shape index (κ1) is 26.6. The van der Waals surface area contributed by atoms with E-state index in [0.29, 0.717) is 19.6 Å². The van der Waals surface area contributed by atoms with Gasteiger partial charge in [-0.25, -0.2) is 0 Å². The number of ether oxygens (including phenoxy) is 3. The minimum absolute atomic E-state index is 0.0704. The summed E-state index contributed by atoms with van der Waals surface area (Å²) in [7, 11) is -2.54. The second kappa shape index (κ2) is 18.9. The lowest BCUT2D eigenvalue weighted by Crippen LogP contribution is -2.16. The van der Waals surface area contributed by atoms with Crippen LogP contribution in [0, 0.1) is 0 Å². The molecule has 0 aromatic heterocycles. The molecule has 0 aromatic carbocycles. The Morgan fingerprint density at radius 1 is 0.536 bits per heavy atom. The summed E-state index contributed by atoms with van der Waals surface area (Å²) in [6.07, 6.45) is -0.354. The van der Waals surface area contributed by atoms with Crippen LogP contribution in [0.1, 0.15) is 19.3 Å². The van der Waals surface area contributed by atoms with Crippen molar-refractivity contribution < 1.29 is 42.2 Å². The van der Waals surface area contributed by atoms with Gasteiger partial charge in [-0.15, -0.1) is 0 Å². The van der Waals surface area contributed by atoms with Gasteiger partial charge in [-0.05, 0) is 0 Å². The molecule has 0 atom stereocenters. The van der Waals surface area contributed by atoms with E-state index in [1.165, 1.54) is 0 Å². The van der Waals surface area contributed by atoms with Crippen LogP contribution >= 0.6 is 8.60 Å². The monoisotopic (exact) mass is 427 g/mol. The third-order valence-electron chi connectivity index (χ3n) is 2.67. The molecule has 0 aromatic rings. The van der Waals surface area contributed by atoms with Gasteiger partial charge >= 0.3 is 26.5 Å². The molecule has 0 aliphatic carbocycles. The van der Waals surface area contributed by atoms with Crippen LogP contribution in [0.3, 0.4) is 0 Å². The molecule has 28 heavy (non-hydrogen) atoms. The highest BCUT2D eigenvalue weighted by atomic mass is 31.2. The molecule has 0 saturated heterocycles. The first-order valence-electron chi connectivity index (χ1n) is 8.79. The molecule has 0 spiro atoms. The normalized spacial score (nSPS) is 10.7. The van der Waals surface area contributed by atoms with Gasteiger partial charge in [-0.2, -0.15) is 0 Å². The van der Waals surface area contributed by atoms with Gasteiger partial charge in [-0.3, -0.25) is 14.4 Å². The van der Waals surface area contributed by atoms with Crippen LogP contribution in [0.5, 0.6) is 0 Å². The van der Waals surface area contributed by atoms with Crippen molar-refractivity contribution in [2.75, 3.05) is 59.3 Å². The molecule has 0 bridgehead atoms. The molecule has 0 aliphatic rings. The van der Waals surface area contributed by atoms with Crippen molar-refractivity contribution in [2.45, 2.75) is 19.3 Å². The zero-order chi connectivity index (χ0) is 21.0. The first-order valence-corrected chi connectivity index (χ1v) is 9.89.